The van der Waals surface area contributed by atoms with Crippen LogP contribution in [0.2, 0.25) is 0 Å². The van der Waals surface area contributed by atoms with Crippen LogP contribution in [-0.4, -0.2) is 84.3 Å². The number of nitrogens with zero attached hydrogens (tertiary/aromatic N) is 5. The smallest absolute Gasteiger partial charge is 0.412 e. The second-order valence-corrected chi connectivity index (χ2v) is 15.4. The molecule has 3 fully saturated rings. The Balaban J connectivity index is 1.42. The fraction of sp³-hybridized carbons (Fsp3) is 0.545. The Kier molecular flexibility index (Phi) is 7.47. The summed E-state index contributed by atoms with van der Waals surface area (Å²) in [5, 5.41) is 13.2. The predicted molar refractivity (Wildman–Crippen MR) is 174 cm³/mol. The zero-order valence-electron chi connectivity index (χ0n) is 27.5. The van der Waals surface area contributed by atoms with Crippen molar-refractivity contribution in [2.24, 2.45) is 0 Å². The largest absolute Gasteiger partial charge is 0.609 e. The van der Waals surface area contributed by atoms with Gasteiger partial charge in [0.25, 0.3) is 0 Å². The Morgan fingerprint density at radius 2 is 1.89 bits per heavy atom. The maximum absolute atomic E-state index is 17.0. The second-order valence-electron chi connectivity index (χ2n) is 14.1. The number of aromatic nitrogens is 3. The van der Waals surface area contributed by atoms with Gasteiger partial charge in [-0.1, -0.05) is 0 Å². The highest BCUT2D eigenvalue weighted by Crippen LogP contribution is 2.50. The topological polar surface area (TPSA) is 153 Å². The van der Waals surface area contributed by atoms with Crippen molar-refractivity contribution in [2.75, 3.05) is 23.0 Å². The second kappa shape index (κ2) is 11.1. The molecular formula is C33H39FN6O6S. The van der Waals surface area contributed by atoms with E-state index in [-0.39, 0.29) is 45.6 Å². The average molecular weight is 667 g/mol. The number of fused-ring (bicyclic) bond motifs is 5. The first-order valence-electron chi connectivity index (χ1n) is 16.0. The molecule has 5 unspecified atom stereocenters. The molecule has 2 aromatic heterocycles. The number of halogens is 1. The molecule has 14 heteroatoms. The third kappa shape index (κ3) is 5.29. The summed E-state index contributed by atoms with van der Waals surface area (Å²) in [5.41, 5.74) is 2.68. The van der Waals surface area contributed by atoms with Gasteiger partial charge in [-0.05, 0) is 95.9 Å². The van der Waals surface area contributed by atoms with Gasteiger partial charge in [-0.15, -0.1) is 0 Å². The molecule has 3 aromatic rings. The van der Waals surface area contributed by atoms with Crippen LogP contribution in [0.15, 0.2) is 11.2 Å². The van der Waals surface area contributed by atoms with Crippen LogP contribution in [0.1, 0.15) is 76.0 Å². The summed E-state index contributed by atoms with van der Waals surface area (Å²) in [6, 6.07) is 0.795. The molecule has 47 heavy (non-hydrogen) atoms. The summed E-state index contributed by atoms with van der Waals surface area (Å²) in [7, 11) is 0. The quantitative estimate of drug-likeness (QED) is 0.255. The lowest BCUT2D eigenvalue weighted by Gasteiger charge is -2.47. The van der Waals surface area contributed by atoms with Crippen molar-refractivity contribution in [3.63, 3.8) is 0 Å². The SMILES string of the molecule is Cc1cc(-c2nc3c4c(nc([S+](C)[O-])nc4c2F)N2CC4CCC(C2C(C)O3)N4C(=O)O)c(C)c(NC(=O)OC(C)(C)C)c1C1CC1. The van der Waals surface area contributed by atoms with Gasteiger partial charge in [0.2, 0.25) is 5.88 Å². The molecule has 0 spiro atoms. The molecule has 2 bridgehead atoms. The summed E-state index contributed by atoms with van der Waals surface area (Å²) in [5.74, 6) is -0.00423. The highest BCUT2D eigenvalue weighted by molar-refractivity contribution is 7.90. The minimum atomic E-state index is -1.65. The molecule has 5 atom stereocenters. The van der Waals surface area contributed by atoms with Crippen LogP contribution in [0.4, 0.5) is 25.5 Å². The Hall–Kier alpha value is -3.91. The van der Waals surface area contributed by atoms with Crippen molar-refractivity contribution in [3.05, 3.63) is 28.6 Å². The molecule has 2 saturated heterocycles. The number of aryl methyl sites for hydroxylation is 1. The Morgan fingerprint density at radius 3 is 2.53 bits per heavy atom. The van der Waals surface area contributed by atoms with Gasteiger partial charge in [-0.2, -0.15) is 9.97 Å². The van der Waals surface area contributed by atoms with Gasteiger partial charge in [-0.3, -0.25) is 10.2 Å². The van der Waals surface area contributed by atoms with E-state index in [4.69, 9.17) is 14.5 Å². The standard InChI is InChI=1S/C33H39FN6O6S/c1-14-12-19(15(2)24(21(14)17-8-9-17)37-31(41)46-33(4,5)6)25-23(34)26-22-28(38-30(36-26)47(7)44)39-13-18-10-11-20(40(18)32(42)43)27(39)16(3)45-29(22)35-25/h12,16-18,20,27H,8-11,13H2,1-7H3,(H,37,41)(H,42,43). The van der Waals surface area contributed by atoms with Gasteiger partial charge in [0, 0.05) is 23.3 Å². The van der Waals surface area contributed by atoms with E-state index in [1.54, 1.807) is 20.8 Å². The van der Waals surface area contributed by atoms with Crippen molar-refractivity contribution in [1.29, 1.82) is 0 Å². The number of rotatable bonds is 4. The minimum absolute atomic E-state index is 0.0269. The lowest BCUT2D eigenvalue weighted by Crippen LogP contribution is -2.64. The number of carbonyl (C=O) groups excluding carboxylic acids is 1. The van der Waals surface area contributed by atoms with Crippen LogP contribution in [0, 0.1) is 19.7 Å². The van der Waals surface area contributed by atoms with Crippen LogP contribution >= 0.6 is 0 Å². The predicted octanol–water partition coefficient (Wildman–Crippen LogP) is 5.89. The molecule has 2 N–H and O–H groups in total. The van der Waals surface area contributed by atoms with E-state index in [1.807, 2.05) is 31.7 Å². The van der Waals surface area contributed by atoms with Crippen molar-refractivity contribution < 1.29 is 33.1 Å². The average Bonchev–Trinajstić information content (AvgIpc) is 3.77. The van der Waals surface area contributed by atoms with Crippen LogP contribution in [0.5, 0.6) is 5.88 Å². The highest BCUT2D eigenvalue weighted by atomic mass is 32.2. The number of piperazine rings is 1. The third-order valence-electron chi connectivity index (χ3n) is 9.65. The maximum atomic E-state index is 17.0. The lowest BCUT2D eigenvalue weighted by molar-refractivity contribution is 0.0634. The van der Waals surface area contributed by atoms with Gasteiger partial charge < -0.3 is 24.0 Å². The Labute approximate surface area is 275 Å². The number of carboxylic acid groups (broad SMARTS) is 1. The van der Waals surface area contributed by atoms with Gasteiger partial charge in [0.05, 0.1) is 23.8 Å². The number of amides is 2. The molecule has 2 amide bonds. The molecule has 0 radical (unpaired) electrons. The van der Waals surface area contributed by atoms with Crippen molar-refractivity contribution in [1.82, 2.24) is 19.9 Å². The summed E-state index contributed by atoms with van der Waals surface area (Å²) in [6.45, 7) is 11.3. The summed E-state index contributed by atoms with van der Waals surface area (Å²) in [6.07, 6.45) is 2.59. The molecule has 250 valence electrons. The molecule has 4 aliphatic rings. The van der Waals surface area contributed by atoms with E-state index >= 15 is 4.39 Å². The van der Waals surface area contributed by atoms with Gasteiger partial charge in [0.1, 0.15) is 34.6 Å². The van der Waals surface area contributed by atoms with Crippen molar-refractivity contribution in [3.8, 4) is 17.1 Å². The summed E-state index contributed by atoms with van der Waals surface area (Å²) < 4.78 is 41.9. The molecule has 3 aliphatic heterocycles. The normalized spacial score (nSPS) is 24.0. The summed E-state index contributed by atoms with van der Waals surface area (Å²) >= 11 is -1.65. The minimum Gasteiger partial charge on any atom is -0.609 e. The molecule has 12 nitrogen and oxygen atoms in total. The number of ether oxygens (including phenoxy) is 2. The van der Waals surface area contributed by atoms with Crippen LogP contribution in [0.25, 0.3) is 22.2 Å². The maximum Gasteiger partial charge on any atom is 0.412 e. The van der Waals surface area contributed by atoms with Gasteiger partial charge >= 0.3 is 17.3 Å². The number of benzene rings is 1. The van der Waals surface area contributed by atoms with E-state index < -0.39 is 46.9 Å². The number of carbonyl (C=O) groups is 2. The molecule has 1 saturated carbocycles. The number of anilines is 2. The first kappa shape index (κ1) is 31.7. The Morgan fingerprint density at radius 1 is 1.17 bits per heavy atom. The number of hydrogen-bond donors (Lipinski definition) is 2. The van der Waals surface area contributed by atoms with Crippen LogP contribution < -0.4 is 15.0 Å². The number of pyridine rings is 1. The van der Waals surface area contributed by atoms with E-state index in [0.717, 1.165) is 24.0 Å². The first-order chi connectivity index (χ1) is 22.1. The zero-order chi connectivity index (χ0) is 33.7. The first-order valence-corrected chi connectivity index (χ1v) is 17.5. The fourth-order valence-electron chi connectivity index (χ4n) is 7.67. The Bertz CT molecular complexity index is 1830. The van der Waals surface area contributed by atoms with E-state index in [0.29, 0.717) is 42.0 Å². The van der Waals surface area contributed by atoms with Crippen molar-refractivity contribution in [2.45, 2.75) is 108 Å². The van der Waals surface area contributed by atoms with E-state index in [2.05, 4.69) is 15.3 Å². The van der Waals surface area contributed by atoms with E-state index in [1.165, 1.54) is 11.2 Å². The molecule has 1 aromatic carbocycles. The molecule has 1 aliphatic carbocycles. The highest BCUT2D eigenvalue weighted by Gasteiger charge is 2.53. The number of nitrogens with one attached hydrogen (secondary N) is 1. The monoisotopic (exact) mass is 666 g/mol. The molecule has 5 heterocycles. The van der Waals surface area contributed by atoms with Gasteiger partial charge in [-0.25, -0.2) is 19.0 Å². The zero-order valence-corrected chi connectivity index (χ0v) is 28.3. The third-order valence-corrected chi connectivity index (χ3v) is 10.3. The lowest BCUT2D eigenvalue weighted by atomic mass is 9.92. The van der Waals surface area contributed by atoms with E-state index in [9.17, 15) is 19.2 Å². The van der Waals surface area contributed by atoms with Crippen LogP contribution in [-0.2, 0) is 15.9 Å². The van der Waals surface area contributed by atoms with Crippen molar-refractivity contribution >= 4 is 45.8 Å². The van der Waals surface area contributed by atoms with Crippen LogP contribution in [0.3, 0.4) is 0 Å². The van der Waals surface area contributed by atoms with Gasteiger partial charge in [0.15, 0.2) is 11.6 Å². The summed E-state index contributed by atoms with van der Waals surface area (Å²) in [4.78, 5) is 42.7. The fourth-order valence-corrected chi connectivity index (χ4v) is 8.11. The number of hydrogen-bond acceptors (Lipinski definition) is 9. The molecular weight excluding hydrogens is 627 g/mol. The molecule has 7 rings (SSSR count).